The van der Waals surface area contributed by atoms with Crippen molar-refractivity contribution in [1.29, 1.82) is 0 Å². The molecule has 0 spiro atoms. The summed E-state index contributed by atoms with van der Waals surface area (Å²) in [5, 5.41) is 0. The smallest absolute Gasteiger partial charge is 0.135 e. The quantitative estimate of drug-likeness (QED) is 0.105. The molecular weight excluding hydrogens is 400 g/mol. The normalized spacial score (nSPS) is 12.3. The predicted octanol–water partition coefficient (Wildman–Crippen LogP) is 11.8. The molecular formula is C32H64O. The Kier molecular flexibility index (Phi) is 27.6. The third-order valence-electron chi connectivity index (χ3n) is 7.57. The molecule has 0 heterocycles. The van der Waals surface area contributed by atoms with Gasteiger partial charge in [-0.3, -0.25) is 4.79 Å². The van der Waals surface area contributed by atoms with Crippen LogP contribution < -0.4 is 0 Å². The van der Waals surface area contributed by atoms with Gasteiger partial charge in [-0.2, -0.15) is 0 Å². The zero-order chi connectivity index (χ0) is 24.2. The number of rotatable bonds is 28. The second-order valence-corrected chi connectivity index (χ2v) is 11.0. The standard InChI is InChI=1S/C32H64O/c1-4-6-8-10-12-14-16-18-20-22-24-26-28-30-32(33)31(3)29-27-25-23-21-19-17-15-13-11-9-7-5-2/h31H,4-30H2,1-3H3/t31-/m0/s1. The van der Waals surface area contributed by atoms with Crippen LogP contribution >= 0.6 is 0 Å². The molecule has 0 saturated carbocycles. The van der Waals surface area contributed by atoms with Crippen LogP contribution in [0.5, 0.6) is 0 Å². The molecule has 1 nitrogen and oxygen atoms in total. The lowest BCUT2D eigenvalue weighted by Crippen LogP contribution is -2.10. The molecule has 1 heteroatoms. The fourth-order valence-corrected chi connectivity index (χ4v) is 5.02. The summed E-state index contributed by atoms with van der Waals surface area (Å²) < 4.78 is 0. The fourth-order valence-electron chi connectivity index (χ4n) is 5.02. The minimum absolute atomic E-state index is 0.297. The topological polar surface area (TPSA) is 17.1 Å². The summed E-state index contributed by atoms with van der Waals surface area (Å²) in [4.78, 5) is 12.4. The molecule has 0 radical (unpaired) electrons. The summed E-state index contributed by atoms with van der Waals surface area (Å²) in [7, 11) is 0. The van der Waals surface area contributed by atoms with Gasteiger partial charge in [0.2, 0.25) is 0 Å². The fraction of sp³-hybridized carbons (Fsp3) is 0.969. The van der Waals surface area contributed by atoms with E-state index in [1.54, 1.807) is 0 Å². The van der Waals surface area contributed by atoms with Gasteiger partial charge in [-0.25, -0.2) is 0 Å². The lowest BCUT2D eigenvalue weighted by Gasteiger charge is -2.10. The van der Waals surface area contributed by atoms with Crippen LogP contribution in [0.1, 0.15) is 194 Å². The van der Waals surface area contributed by atoms with Gasteiger partial charge in [0.1, 0.15) is 5.78 Å². The third kappa shape index (κ3) is 26.1. The first-order valence-corrected chi connectivity index (χ1v) is 15.7. The van der Waals surface area contributed by atoms with Crippen LogP contribution in [0.25, 0.3) is 0 Å². The van der Waals surface area contributed by atoms with Gasteiger partial charge >= 0.3 is 0 Å². The summed E-state index contributed by atoms with van der Waals surface area (Å²) in [5.41, 5.74) is 0. The van der Waals surface area contributed by atoms with E-state index in [0.717, 1.165) is 19.3 Å². The van der Waals surface area contributed by atoms with Crippen LogP contribution in [0.3, 0.4) is 0 Å². The second kappa shape index (κ2) is 27.9. The van der Waals surface area contributed by atoms with Crippen molar-refractivity contribution in [2.24, 2.45) is 5.92 Å². The van der Waals surface area contributed by atoms with Crippen LogP contribution in [0.15, 0.2) is 0 Å². The van der Waals surface area contributed by atoms with Gasteiger partial charge in [-0.1, -0.05) is 175 Å². The van der Waals surface area contributed by atoms with E-state index in [1.807, 2.05) is 0 Å². The lowest BCUT2D eigenvalue weighted by atomic mass is 9.94. The minimum Gasteiger partial charge on any atom is -0.299 e. The zero-order valence-electron chi connectivity index (χ0n) is 23.6. The third-order valence-corrected chi connectivity index (χ3v) is 7.57. The first kappa shape index (κ1) is 32.7. The molecule has 0 aliphatic rings. The maximum atomic E-state index is 12.4. The lowest BCUT2D eigenvalue weighted by molar-refractivity contribution is -0.122. The van der Waals surface area contributed by atoms with E-state index in [0.29, 0.717) is 11.7 Å². The van der Waals surface area contributed by atoms with Gasteiger partial charge in [0.05, 0.1) is 0 Å². The summed E-state index contributed by atoms with van der Waals surface area (Å²) in [5.74, 6) is 0.826. The van der Waals surface area contributed by atoms with Gasteiger partial charge < -0.3 is 0 Å². The molecule has 0 fully saturated rings. The van der Waals surface area contributed by atoms with E-state index in [9.17, 15) is 4.79 Å². The van der Waals surface area contributed by atoms with E-state index in [-0.39, 0.29) is 0 Å². The molecule has 0 N–H and O–H groups in total. The van der Waals surface area contributed by atoms with E-state index in [4.69, 9.17) is 0 Å². The molecule has 0 amide bonds. The van der Waals surface area contributed by atoms with Crippen LogP contribution in [0.4, 0.5) is 0 Å². The number of hydrogen-bond acceptors (Lipinski definition) is 1. The highest BCUT2D eigenvalue weighted by atomic mass is 16.1. The van der Waals surface area contributed by atoms with Crippen molar-refractivity contribution in [2.45, 2.75) is 194 Å². The van der Waals surface area contributed by atoms with Crippen molar-refractivity contribution in [3.63, 3.8) is 0 Å². The van der Waals surface area contributed by atoms with Crippen molar-refractivity contribution in [3.8, 4) is 0 Å². The Labute approximate surface area is 210 Å². The number of unbranched alkanes of at least 4 members (excludes halogenated alkanes) is 23. The van der Waals surface area contributed by atoms with Gasteiger partial charge in [-0.05, 0) is 12.8 Å². The number of ketones is 1. The molecule has 1 atom stereocenters. The van der Waals surface area contributed by atoms with Gasteiger partial charge in [0, 0.05) is 12.3 Å². The molecule has 0 aromatic rings. The second-order valence-electron chi connectivity index (χ2n) is 11.0. The van der Waals surface area contributed by atoms with Crippen molar-refractivity contribution >= 4 is 5.78 Å². The van der Waals surface area contributed by atoms with Crippen molar-refractivity contribution in [2.75, 3.05) is 0 Å². The van der Waals surface area contributed by atoms with E-state index in [2.05, 4.69) is 20.8 Å². The monoisotopic (exact) mass is 464 g/mol. The van der Waals surface area contributed by atoms with Gasteiger partial charge in [0.15, 0.2) is 0 Å². The first-order valence-electron chi connectivity index (χ1n) is 15.7. The maximum Gasteiger partial charge on any atom is 0.135 e. The number of Topliss-reactive ketones (excluding diaryl/α,β-unsaturated/α-hetero) is 1. The van der Waals surface area contributed by atoms with E-state index < -0.39 is 0 Å². The zero-order valence-corrected chi connectivity index (χ0v) is 23.6. The average molecular weight is 465 g/mol. The molecule has 0 bridgehead atoms. The van der Waals surface area contributed by atoms with Crippen LogP contribution in [-0.4, -0.2) is 5.78 Å². The molecule has 0 rings (SSSR count). The summed E-state index contributed by atoms with van der Waals surface area (Å²) >= 11 is 0. The Bertz CT molecular complexity index is 375. The number of hydrogen-bond donors (Lipinski definition) is 0. The molecule has 33 heavy (non-hydrogen) atoms. The van der Waals surface area contributed by atoms with Gasteiger partial charge in [-0.15, -0.1) is 0 Å². The highest BCUT2D eigenvalue weighted by Crippen LogP contribution is 2.18. The van der Waals surface area contributed by atoms with Crippen LogP contribution in [0, 0.1) is 5.92 Å². The molecule has 0 aromatic heterocycles. The summed E-state index contributed by atoms with van der Waals surface area (Å²) in [6.45, 7) is 6.75. The number of carbonyl (C=O) groups excluding carboxylic acids is 1. The highest BCUT2D eigenvalue weighted by Gasteiger charge is 2.11. The van der Waals surface area contributed by atoms with Crippen molar-refractivity contribution < 1.29 is 4.79 Å². The number of carbonyl (C=O) groups is 1. The highest BCUT2D eigenvalue weighted by molar-refractivity contribution is 5.80. The average Bonchev–Trinajstić information content (AvgIpc) is 2.82. The SMILES string of the molecule is CCCCCCCCCCCCCCCC(=O)[C@@H](C)CCCCCCCCCCCCCC. The molecule has 0 unspecified atom stereocenters. The Morgan fingerprint density at radius 2 is 0.697 bits per heavy atom. The largest absolute Gasteiger partial charge is 0.299 e. The summed E-state index contributed by atoms with van der Waals surface area (Å²) in [6.07, 6.45) is 36.6. The molecule has 0 saturated heterocycles. The molecule has 0 aliphatic heterocycles. The summed E-state index contributed by atoms with van der Waals surface area (Å²) in [6, 6.07) is 0. The molecule has 0 aromatic carbocycles. The van der Waals surface area contributed by atoms with Crippen LogP contribution in [-0.2, 0) is 4.79 Å². The van der Waals surface area contributed by atoms with E-state index >= 15 is 0 Å². The Morgan fingerprint density at radius 3 is 1.03 bits per heavy atom. The van der Waals surface area contributed by atoms with Crippen LogP contribution in [0.2, 0.25) is 0 Å². The Balaban J connectivity index is 3.29. The minimum atomic E-state index is 0.297. The van der Waals surface area contributed by atoms with Gasteiger partial charge in [0.25, 0.3) is 0 Å². The first-order chi connectivity index (χ1) is 16.2. The Hall–Kier alpha value is -0.330. The van der Waals surface area contributed by atoms with Crippen molar-refractivity contribution in [1.82, 2.24) is 0 Å². The van der Waals surface area contributed by atoms with E-state index in [1.165, 1.54) is 154 Å². The van der Waals surface area contributed by atoms with Crippen molar-refractivity contribution in [3.05, 3.63) is 0 Å². The predicted molar refractivity (Wildman–Crippen MR) is 150 cm³/mol. The Morgan fingerprint density at radius 1 is 0.424 bits per heavy atom. The molecule has 198 valence electrons. The maximum absolute atomic E-state index is 12.4. The molecule has 0 aliphatic carbocycles.